The first kappa shape index (κ1) is 25.6. The topological polar surface area (TPSA) is 136 Å². The van der Waals surface area contributed by atoms with Crippen molar-refractivity contribution in [1.29, 1.82) is 0 Å². The van der Waals surface area contributed by atoms with Crippen molar-refractivity contribution in [2.24, 2.45) is 17.6 Å². The SMILES string of the molecule is CC(C)[C@H](CO)C(C(N)=O)c1cccc(CC(C)(C)NCC(O)c2cc(O)cc(O)c2)c1. The van der Waals surface area contributed by atoms with Crippen molar-refractivity contribution in [3.05, 3.63) is 59.2 Å². The van der Waals surface area contributed by atoms with Crippen LogP contribution in [0, 0.1) is 11.8 Å². The van der Waals surface area contributed by atoms with E-state index in [0.717, 1.165) is 11.1 Å². The normalized spacial score (nSPS) is 14.8. The standard InChI is InChI=1S/C25H36N2O5/c1-15(2)21(14-28)23(24(26)32)17-7-5-6-16(8-17)12-25(3,4)27-13-22(31)18-9-19(29)11-20(30)10-18/h5-11,15,21-23,27-31H,12-14H2,1-4H3,(H2,26,32)/t21-,22?,23?/m0/s1. The van der Waals surface area contributed by atoms with E-state index in [2.05, 4.69) is 5.32 Å². The van der Waals surface area contributed by atoms with Crippen LogP contribution in [0.3, 0.4) is 0 Å². The lowest BCUT2D eigenvalue weighted by Crippen LogP contribution is -2.43. The summed E-state index contributed by atoms with van der Waals surface area (Å²) in [6.45, 7) is 8.03. The number of amides is 1. The van der Waals surface area contributed by atoms with Crippen molar-refractivity contribution in [1.82, 2.24) is 5.32 Å². The van der Waals surface area contributed by atoms with Gasteiger partial charge in [0.25, 0.3) is 0 Å². The van der Waals surface area contributed by atoms with Crippen molar-refractivity contribution in [2.75, 3.05) is 13.2 Å². The molecule has 0 radical (unpaired) electrons. The van der Waals surface area contributed by atoms with Gasteiger partial charge in [-0.15, -0.1) is 0 Å². The molecule has 3 atom stereocenters. The summed E-state index contributed by atoms with van der Waals surface area (Å²) in [4.78, 5) is 12.2. The second-order valence-electron chi connectivity index (χ2n) is 9.46. The van der Waals surface area contributed by atoms with Gasteiger partial charge in [0.1, 0.15) is 11.5 Å². The quantitative estimate of drug-likeness (QED) is 0.315. The van der Waals surface area contributed by atoms with E-state index >= 15 is 0 Å². The molecule has 2 aromatic carbocycles. The smallest absolute Gasteiger partial charge is 0.225 e. The second-order valence-corrected chi connectivity index (χ2v) is 9.46. The molecule has 7 heteroatoms. The molecule has 7 nitrogen and oxygen atoms in total. The Kier molecular flexibility index (Phi) is 8.66. The fourth-order valence-electron chi connectivity index (χ4n) is 4.09. The minimum Gasteiger partial charge on any atom is -0.508 e. The molecule has 0 heterocycles. The van der Waals surface area contributed by atoms with Crippen LogP contribution in [0.25, 0.3) is 0 Å². The van der Waals surface area contributed by atoms with Crippen LogP contribution in [0.2, 0.25) is 0 Å². The van der Waals surface area contributed by atoms with Gasteiger partial charge >= 0.3 is 0 Å². The highest BCUT2D eigenvalue weighted by molar-refractivity contribution is 5.82. The third-order valence-corrected chi connectivity index (χ3v) is 5.84. The summed E-state index contributed by atoms with van der Waals surface area (Å²) in [5.74, 6) is -1.41. The Morgan fingerprint density at radius 3 is 2.22 bits per heavy atom. The molecule has 0 aliphatic rings. The van der Waals surface area contributed by atoms with Crippen LogP contribution in [0.4, 0.5) is 0 Å². The summed E-state index contributed by atoms with van der Waals surface area (Å²) in [5, 5.41) is 42.8. The maximum Gasteiger partial charge on any atom is 0.225 e. The van der Waals surface area contributed by atoms with Crippen molar-refractivity contribution in [3.8, 4) is 11.5 Å². The van der Waals surface area contributed by atoms with Gasteiger partial charge in [0, 0.05) is 24.8 Å². The Morgan fingerprint density at radius 2 is 1.69 bits per heavy atom. The van der Waals surface area contributed by atoms with Gasteiger partial charge in [-0.05, 0) is 60.9 Å². The Labute approximate surface area is 189 Å². The molecule has 0 aromatic heterocycles. The maximum atomic E-state index is 12.2. The number of β-amino-alcohol motifs (C(OH)–C–C–N with tert-alkyl or cyclic N) is 1. The average molecular weight is 445 g/mol. The molecule has 0 saturated carbocycles. The van der Waals surface area contributed by atoms with Gasteiger partial charge in [0.15, 0.2) is 0 Å². The summed E-state index contributed by atoms with van der Waals surface area (Å²) >= 11 is 0. The van der Waals surface area contributed by atoms with Crippen LogP contribution in [0.1, 0.15) is 56.4 Å². The predicted octanol–water partition coefficient (Wildman–Crippen LogP) is 2.58. The number of benzene rings is 2. The lowest BCUT2D eigenvalue weighted by Gasteiger charge is -2.30. The largest absolute Gasteiger partial charge is 0.508 e. The van der Waals surface area contributed by atoms with Crippen LogP contribution >= 0.6 is 0 Å². The van der Waals surface area contributed by atoms with Crippen LogP contribution in [0.5, 0.6) is 11.5 Å². The number of nitrogens with two attached hydrogens (primary N) is 1. The first-order chi connectivity index (χ1) is 14.9. The number of rotatable bonds is 11. The zero-order valence-corrected chi connectivity index (χ0v) is 19.2. The van der Waals surface area contributed by atoms with Crippen molar-refractivity contribution < 1.29 is 25.2 Å². The Hall–Kier alpha value is -2.61. The molecule has 2 aromatic rings. The number of hydrogen-bond donors (Lipinski definition) is 6. The molecule has 0 aliphatic carbocycles. The van der Waals surface area contributed by atoms with Crippen LogP contribution in [0.15, 0.2) is 42.5 Å². The molecule has 176 valence electrons. The maximum absolute atomic E-state index is 12.2. The number of hydrogen-bond acceptors (Lipinski definition) is 6. The number of aliphatic hydroxyl groups is 2. The highest BCUT2D eigenvalue weighted by Crippen LogP contribution is 2.31. The van der Waals surface area contributed by atoms with E-state index in [0.29, 0.717) is 12.0 Å². The van der Waals surface area contributed by atoms with Crippen molar-refractivity contribution >= 4 is 5.91 Å². The van der Waals surface area contributed by atoms with E-state index in [1.807, 2.05) is 52.0 Å². The summed E-state index contributed by atoms with van der Waals surface area (Å²) in [7, 11) is 0. The van der Waals surface area contributed by atoms with E-state index in [1.54, 1.807) is 0 Å². The van der Waals surface area contributed by atoms with Crippen LogP contribution in [-0.2, 0) is 11.2 Å². The van der Waals surface area contributed by atoms with E-state index in [4.69, 9.17) is 5.73 Å². The van der Waals surface area contributed by atoms with Gasteiger partial charge in [-0.2, -0.15) is 0 Å². The third-order valence-electron chi connectivity index (χ3n) is 5.84. The highest BCUT2D eigenvalue weighted by Gasteiger charge is 2.30. The molecule has 1 amide bonds. The van der Waals surface area contributed by atoms with E-state index < -0.39 is 23.5 Å². The lowest BCUT2D eigenvalue weighted by atomic mass is 9.78. The molecular weight excluding hydrogens is 408 g/mol. The monoisotopic (exact) mass is 444 g/mol. The molecule has 0 spiro atoms. The van der Waals surface area contributed by atoms with Gasteiger partial charge in [-0.1, -0.05) is 38.1 Å². The van der Waals surface area contributed by atoms with Crippen LogP contribution in [-0.4, -0.2) is 45.0 Å². The van der Waals surface area contributed by atoms with E-state index in [1.165, 1.54) is 18.2 Å². The zero-order chi connectivity index (χ0) is 24.1. The summed E-state index contributed by atoms with van der Waals surface area (Å²) < 4.78 is 0. The molecular formula is C25H36N2O5. The van der Waals surface area contributed by atoms with Gasteiger partial charge in [0.05, 0.1) is 12.0 Å². The molecule has 0 bridgehead atoms. The molecule has 7 N–H and O–H groups in total. The molecule has 0 aliphatic heterocycles. The van der Waals surface area contributed by atoms with E-state index in [-0.39, 0.29) is 36.5 Å². The highest BCUT2D eigenvalue weighted by atomic mass is 16.3. The average Bonchev–Trinajstić information content (AvgIpc) is 2.68. The van der Waals surface area contributed by atoms with Gasteiger partial charge in [0.2, 0.25) is 5.91 Å². The van der Waals surface area contributed by atoms with Crippen molar-refractivity contribution in [3.63, 3.8) is 0 Å². The minimum absolute atomic E-state index is 0.0950. The molecule has 0 fully saturated rings. The minimum atomic E-state index is -0.908. The number of carbonyl (C=O) groups is 1. The first-order valence-corrected chi connectivity index (χ1v) is 10.9. The number of phenols is 2. The summed E-state index contributed by atoms with van der Waals surface area (Å²) in [5.41, 5.74) is 7.50. The van der Waals surface area contributed by atoms with Gasteiger partial charge in [-0.3, -0.25) is 4.79 Å². The number of aliphatic hydroxyl groups excluding tert-OH is 2. The Bertz CT molecular complexity index is 893. The van der Waals surface area contributed by atoms with E-state index in [9.17, 15) is 25.2 Å². The number of phenolic OH excluding ortho intramolecular Hbond substituents is 2. The van der Waals surface area contributed by atoms with Crippen molar-refractivity contribution in [2.45, 2.75) is 51.7 Å². The molecule has 2 rings (SSSR count). The molecule has 2 unspecified atom stereocenters. The molecule has 32 heavy (non-hydrogen) atoms. The summed E-state index contributed by atoms with van der Waals surface area (Å²) in [6.07, 6.45) is -0.287. The fourth-order valence-corrected chi connectivity index (χ4v) is 4.09. The second kappa shape index (κ2) is 10.8. The number of nitrogens with one attached hydrogen (secondary N) is 1. The molecule has 0 saturated heterocycles. The summed E-state index contributed by atoms with van der Waals surface area (Å²) in [6, 6.07) is 11.7. The lowest BCUT2D eigenvalue weighted by molar-refractivity contribution is -0.121. The Morgan fingerprint density at radius 1 is 1.06 bits per heavy atom. The Balaban J connectivity index is 2.13. The first-order valence-electron chi connectivity index (χ1n) is 10.9. The van der Waals surface area contributed by atoms with Gasteiger partial charge in [-0.25, -0.2) is 0 Å². The fraction of sp³-hybridized carbons (Fsp3) is 0.480. The van der Waals surface area contributed by atoms with Gasteiger partial charge < -0.3 is 31.5 Å². The predicted molar refractivity (Wildman–Crippen MR) is 124 cm³/mol. The number of carbonyl (C=O) groups excluding carboxylic acids is 1. The van der Waals surface area contributed by atoms with Crippen LogP contribution < -0.4 is 11.1 Å². The number of aromatic hydroxyl groups is 2. The number of primary amides is 1. The zero-order valence-electron chi connectivity index (χ0n) is 19.2. The third kappa shape index (κ3) is 6.95.